The predicted octanol–water partition coefficient (Wildman–Crippen LogP) is 4.02. The van der Waals surface area contributed by atoms with Gasteiger partial charge < -0.3 is 10.2 Å². The van der Waals surface area contributed by atoms with E-state index in [1.54, 1.807) is 0 Å². The molecule has 0 aliphatic heterocycles. The van der Waals surface area contributed by atoms with E-state index >= 15 is 0 Å². The third kappa shape index (κ3) is 6.03. The van der Waals surface area contributed by atoms with E-state index in [1.807, 2.05) is 20.8 Å². The zero-order valence-electron chi connectivity index (χ0n) is 13.9. The number of nitrogens with one attached hydrogen (secondary N) is 1. The normalized spacial score (nSPS) is 12.0. The molecule has 0 saturated heterocycles. The van der Waals surface area contributed by atoms with Gasteiger partial charge in [-0.15, -0.1) is 0 Å². The van der Waals surface area contributed by atoms with Crippen LogP contribution in [0.25, 0.3) is 0 Å². The van der Waals surface area contributed by atoms with Crippen LogP contribution in [-0.4, -0.2) is 23.9 Å². The monoisotopic (exact) mass is 364 g/mol. The molecule has 0 aliphatic carbocycles. The van der Waals surface area contributed by atoms with Gasteiger partial charge in [-0.05, 0) is 39.0 Å². The lowest BCUT2D eigenvalue weighted by Crippen LogP contribution is -2.42. The van der Waals surface area contributed by atoms with E-state index in [0.29, 0.717) is 0 Å². The molecule has 1 aromatic carbocycles. The third-order valence-electron chi connectivity index (χ3n) is 3.02. The Kier molecular flexibility index (Phi) is 6.27. The number of hydrogen-bond acceptors (Lipinski definition) is 2. The quantitative estimate of drug-likeness (QED) is 0.877. The second-order valence-corrected chi connectivity index (χ2v) is 6.79. The minimum absolute atomic E-state index is 0.0270. The van der Waals surface area contributed by atoms with E-state index in [0.717, 1.165) is 17.0 Å². The number of hydrogen-bond donors (Lipinski definition) is 1. The molecule has 4 nitrogen and oxygen atoms in total. The highest BCUT2D eigenvalue weighted by Gasteiger charge is 2.34. The summed E-state index contributed by atoms with van der Waals surface area (Å²) in [7, 11) is 0. The first-order chi connectivity index (χ1) is 10.8. The maximum atomic E-state index is 12.9. The number of nitrogens with zero attached hydrogens (tertiary/aromatic N) is 1. The van der Waals surface area contributed by atoms with Gasteiger partial charge in [-0.2, -0.15) is 13.2 Å². The third-order valence-corrected chi connectivity index (χ3v) is 3.35. The van der Waals surface area contributed by atoms with Gasteiger partial charge in [0, 0.05) is 31.1 Å². The van der Waals surface area contributed by atoms with Crippen molar-refractivity contribution >= 4 is 29.1 Å². The van der Waals surface area contributed by atoms with Gasteiger partial charge in [0.2, 0.25) is 11.8 Å². The molecule has 1 N–H and O–H groups in total. The second kappa shape index (κ2) is 7.42. The lowest BCUT2D eigenvalue weighted by Gasteiger charge is -2.24. The van der Waals surface area contributed by atoms with Crippen molar-refractivity contribution in [2.24, 2.45) is 0 Å². The zero-order valence-corrected chi connectivity index (χ0v) is 14.7. The van der Waals surface area contributed by atoms with Crippen LogP contribution in [0.15, 0.2) is 18.2 Å². The van der Waals surface area contributed by atoms with Crippen LogP contribution in [0, 0.1) is 0 Å². The first kappa shape index (κ1) is 20.3. The SMILES string of the molecule is CC(=O)N(CCC(=O)NC(C)(C)C)c1ccc(Cl)c(C(F)(F)F)c1. The molecular weight excluding hydrogens is 345 g/mol. The van der Waals surface area contributed by atoms with Crippen LogP contribution in [0.2, 0.25) is 5.02 Å². The summed E-state index contributed by atoms with van der Waals surface area (Å²) in [4.78, 5) is 24.7. The first-order valence-electron chi connectivity index (χ1n) is 7.27. The van der Waals surface area contributed by atoms with Gasteiger partial charge in [0.15, 0.2) is 0 Å². The van der Waals surface area contributed by atoms with Gasteiger partial charge in [-0.3, -0.25) is 9.59 Å². The Morgan fingerprint density at radius 2 is 1.79 bits per heavy atom. The molecular formula is C16H20ClF3N2O2. The summed E-state index contributed by atoms with van der Waals surface area (Å²) in [5.74, 6) is -0.757. The summed E-state index contributed by atoms with van der Waals surface area (Å²) >= 11 is 5.58. The number of carbonyl (C=O) groups is 2. The molecule has 0 spiro atoms. The summed E-state index contributed by atoms with van der Waals surface area (Å²) in [6, 6.07) is 3.22. The Bertz CT molecular complexity index is 625. The maximum absolute atomic E-state index is 12.9. The van der Waals surface area contributed by atoms with Crippen LogP contribution in [0.4, 0.5) is 18.9 Å². The van der Waals surface area contributed by atoms with Crippen molar-refractivity contribution in [2.45, 2.75) is 45.8 Å². The molecule has 0 aromatic heterocycles. The fraction of sp³-hybridized carbons (Fsp3) is 0.500. The number of carbonyl (C=O) groups excluding carboxylic acids is 2. The average molecular weight is 365 g/mol. The fourth-order valence-corrected chi connectivity index (χ4v) is 2.29. The van der Waals surface area contributed by atoms with Gasteiger partial charge in [-0.1, -0.05) is 11.6 Å². The number of halogens is 4. The lowest BCUT2D eigenvalue weighted by atomic mass is 10.1. The molecule has 24 heavy (non-hydrogen) atoms. The van der Waals surface area contributed by atoms with E-state index in [9.17, 15) is 22.8 Å². The van der Waals surface area contributed by atoms with Crippen molar-refractivity contribution in [1.29, 1.82) is 0 Å². The summed E-state index contributed by atoms with van der Waals surface area (Å²) < 4.78 is 38.8. The van der Waals surface area contributed by atoms with Crippen LogP contribution in [-0.2, 0) is 15.8 Å². The van der Waals surface area contributed by atoms with E-state index in [2.05, 4.69) is 5.32 Å². The Labute approximate surface area is 144 Å². The van der Waals surface area contributed by atoms with E-state index in [4.69, 9.17) is 11.6 Å². The molecule has 0 bridgehead atoms. The topological polar surface area (TPSA) is 49.4 Å². The summed E-state index contributed by atoms with van der Waals surface area (Å²) in [5.41, 5.74) is -1.41. The number of rotatable bonds is 4. The Morgan fingerprint density at radius 3 is 2.25 bits per heavy atom. The molecule has 0 fully saturated rings. The highest BCUT2D eigenvalue weighted by Crippen LogP contribution is 2.37. The molecule has 1 aromatic rings. The largest absolute Gasteiger partial charge is 0.417 e. The molecule has 0 atom stereocenters. The Morgan fingerprint density at radius 1 is 1.21 bits per heavy atom. The smallest absolute Gasteiger partial charge is 0.351 e. The minimum atomic E-state index is -4.63. The van der Waals surface area contributed by atoms with Crippen molar-refractivity contribution < 1.29 is 22.8 Å². The highest BCUT2D eigenvalue weighted by atomic mass is 35.5. The molecule has 8 heteroatoms. The van der Waals surface area contributed by atoms with Crippen molar-refractivity contribution in [1.82, 2.24) is 5.32 Å². The van der Waals surface area contributed by atoms with Gasteiger partial charge in [0.1, 0.15) is 0 Å². The molecule has 134 valence electrons. The summed E-state index contributed by atoms with van der Waals surface area (Å²) in [6.07, 6.45) is -4.65. The molecule has 0 aliphatic rings. The van der Waals surface area contributed by atoms with E-state index < -0.39 is 28.2 Å². The highest BCUT2D eigenvalue weighted by molar-refractivity contribution is 6.31. The fourth-order valence-electron chi connectivity index (χ4n) is 2.06. The van der Waals surface area contributed by atoms with E-state index in [-0.39, 0.29) is 24.6 Å². The van der Waals surface area contributed by atoms with Crippen molar-refractivity contribution in [3.63, 3.8) is 0 Å². The van der Waals surface area contributed by atoms with Gasteiger partial charge in [-0.25, -0.2) is 0 Å². The molecule has 0 unspecified atom stereocenters. The molecule has 0 heterocycles. The average Bonchev–Trinajstić information content (AvgIpc) is 2.36. The standard InChI is InChI=1S/C16H20ClF3N2O2/c1-10(23)22(8-7-14(24)21-15(2,3)4)11-5-6-13(17)12(9-11)16(18,19)20/h5-6,9H,7-8H2,1-4H3,(H,21,24). The summed E-state index contributed by atoms with van der Waals surface area (Å²) in [5, 5.41) is 2.29. The Balaban J connectivity index is 2.98. The van der Waals surface area contributed by atoms with Crippen LogP contribution < -0.4 is 10.2 Å². The van der Waals surface area contributed by atoms with Crippen molar-refractivity contribution in [3.05, 3.63) is 28.8 Å². The second-order valence-electron chi connectivity index (χ2n) is 6.38. The van der Waals surface area contributed by atoms with Crippen molar-refractivity contribution in [3.8, 4) is 0 Å². The molecule has 0 saturated carbocycles. The Hall–Kier alpha value is -1.76. The van der Waals surface area contributed by atoms with Crippen LogP contribution >= 0.6 is 11.6 Å². The van der Waals surface area contributed by atoms with Crippen LogP contribution in [0.3, 0.4) is 0 Å². The van der Waals surface area contributed by atoms with Gasteiger partial charge in [0.25, 0.3) is 0 Å². The summed E-state index contributed by atoms with van der Waals surface area (Å²) in [6.45, 7) is 6.62. The van der Waals surface area contributed by atoms with Gasteiger partial charge >= 0.3 is 6.18 Å². The maximum Gasteiger partial charge on any atom is 0.417 e. The minimum Gasteiger partial charge on any atom is -0.351 e. The van der Waals surface area contributed by atoms with Crippen LogP contribution in [0.1, 0.15) is 39.7 Å². The number of alkyl halides is 3. The number of benzene rings is 1. The van der Waals surface area contributed by atoms with E-state index in [1.165, 1.54) is 13.0 Å². The zero-order chi connectivity index (χ0) is 18.7. The number of amides is 2. The van der Waals surface area contributed by atoms with Gasteiger partial charge in [0.05, 0.1) is 10.6 Å². The van der Waals surface area contributed by atoms with Crippen molar-refractivity contribution in [2.75, 3.05) is 11.4 Å². The predicted molar refractivity (Wildman–Crippen MR) is 87.0 cm³/mol. The molecule has 0 radical (unpaired) electrons. The molecule has 2 amide bonds. The molecule has 1 rings (SSSR count). The number of anilines is 1. The van der Waals surface area contributed by atoms with Crippen LogP contribution in [0.5, 0.6) is 0 Å². The lowest BCUT2D eigenvalue weighted by molar-refractivity contribution is -0.137. The first-order valence-corrected chi connectivity index (χ1v) is 7.65.